The zero-order valence-electron chi connectivity index (χ0n) is 21.6. The number of nitrogens with zero attached hydrogens (tertiary/aromatic N) is 6. The van der Waals surface area contributed by atoms with E-state index in [-0.39, 0.29) is 17.1 Å². The number of aryl methyl sites for hydroxylation is 1. The Bertz CT molecular complexity index is 1560. The van der Waals surface area contributed by atoms with E-state index in [1.165, 1.54) is 4.90 Å². The predicted molar refractivity (Wildman–Crippen MR) is 152 cm³/mol. The van der Waals surface area contributed by atoms with E-state index in [0.717, 1.165) is 23.3 Å². The van der Waals surface area contributed by atoms with Gasteiger partial charge < -0.3 is 15.5 Å². The van der Waals surface area contributed by atoms with Gasteiger partial charge in [-0.1, -0.05) is 48.0 Å². The second kappa shape index (κ2) is 12.0. The van der Waals surface area contributed by atoms with Crippen molar-refractivity contribution in [1.29, 1.82) is 0 Å². The van der Waals surface area contributed by atoms with E-state index in [1.807, 2.05) is 30.3 Å². The number of amides is 3. The molecule has 204 valence electrons. The van der Waals surface area contributed by atoms with E-state index in [2.05, 4.69) is 20.7 Å². The molecule has 1 aliphatic heterocycles. The lowest BCUT2D eigenvalue weighted by Gasteiger charge is -2.28. The van der Waals surface area contributed by atoms with E-state index < -0.39 is 12.6 Å². The Hall–Kier alpha value is -4.77. The Kier molecular flexibility index (Phi) is 8.02. The summed E-state index contributed by atoms with van der Waals surface area (Å²) in [5.41, 5.74) is 3.21. The molecule has 0 saturated carbocycles. The highest BCUT2D eigenvalue weighted by Crippen LogP contribution is 2.34. The van der Waals surface area contributed by atoms with E-state index in [9.17, 15) is 14.0 Å². The Labute approximate surface area is 235 Å². The summed E-state index contributed by atoms with van der Waals surface area (Å²) in [6.45, 7) is 0.106. The van der Waals surface area contributed by atoms with Crippen LogP contribution in [0.3, 0.4) is 0 Å². The van der Waals surface area contributed by atoms with Crippen LogP contribution >= 0.6 is 11.6 Å². The highest BCUT2D eigenvalue weighted by Gasteiger charge is 2.31. The van der Waals surface area contributed by atoms with Crippen LogP contribution in [0.4, 0.5) is 38.0 Å². The fourth-order valence-electron chi connectivity index (χ4n) is 4.32. The molecule has 4 aromatic rings. The summed E-state index contributed by atoms with van der Waals surface area (Å²) in [5.74, 6) is 0.160. The number of urea groups is 1. The van der Waals surface area contributed by atoms with Crippen molar-refractivity contribution >= 4 is 52.4 Å². The third kappa shape index (κ3) is 6.10. The van der Waals surface area contributed by atoms with Crippen LogP contribution < -0.4 is 15.5 Å². The van der Waals surface area contributed by atoms with E-state index in [1.54, 1.807) is 53.3 Å². The van der Waals surface area contributed by atoms with Crippen LogP contribution in [-0.2, 0) is 24.8 Å². The highest BCUT2D eigenvalue weighted by molar-refractivity contribution is 6.32. The summed E-state index contributed by atoms with van der Waals surface area (Å²) in [5, 5.41) is 10.2. The van der Waals surface area contributed by atoms with Gasteiger partial charge in [0.05, 0.1) is 11.4 Å². The third-order valence-corrected chi connectivity index (χ3v) is 6.42. The lowest BCUT2D eigenvalue weighted by molar-refractivity contribution is -0.111. The zero-order chi connectivity index (χ0) is 28.1. The summed E-state index contributed by atoms with van der Waals surface area (Å²) < 4.78 is 14.0. The first-order valence-corrected chi connectivity index (χ1v) is 12.9. The molecule has 0 bridgehead atoms. The Morgan fingerprint density at radius 2 is 2.00 bits per heavy atom. The first-order chi connectivity index (χ1) is 19.4. The highest BCUT2D eigenvalue weighted by atomic mass is 35.5. The van der Waals surface area contributed by atoms with Crippen molar-refractivity contribution < 1.29 is 14.0 Å². The summed E-state index contributed by atoms with van der Waals surface area (Å²) in [6.07, 6.45) is 6.16. The molecule has 0 fully saturated rings. The quantitative estimate of drug-likeness (QED) is 0.280. The summed E-state index contributed by atoms with van der Waals surface area (Å²) in [4.78, 5) is 38.7. The van der Waals surface area contributed by atoms with Crippen LogP contribution in [0.5, 0.6) is 0 Å². The van der Waals surface area contributed by atoms with Crippen molar-refractivity contribution in [3.63, 3.8) is 0 Å². The maximum Gasteiger partial charge on any atom is 0.330 e. The molecule has 0 radical (unpaired) electrons. The number of carbonyl (C=O) groups excluding carboxylic acids is 2. The summed E-state index contributed by atoms with van der Waals surface area (Å²) in [7, 11) is 1.75. The van der Waals surface area contributed by atoms with Crippen LogP contribution in [-0.4, -0.2) is 49.8 Å². The van der Waals surface area contributed by atoms with Crippen molar-refractivity contribution in [2.75, 3.05) is 28.8 Å². The van der Waals surface area contributed by atoms with Gasteiger partial charge in [-0.05, 0) is 36.3 Å². The standard InChI is InChI=1S/C28H26ClFN8O2/c1-36-18-23(25(29)35-36)33-27-31-16-20-12-14-37(17-19-7-3-2-4-8-19)28(40)38(26(20)34-27)22-10-5-9-21(15-22)32-24(39)11-6-13-30/h2-11,15-16,18H,12-14,17H2,1H3,(H,32,39)(H,31,33,34)/b11-6+. The molecule has 0 spiro atoms. The summed E-state index contributed by atoms with van der Waals surface area (Å²) >= 11 is 6.22. The minimum absolute atomic E-state index is 0.240. The van der Waals surface area contributed by atoms with Crippen LogP contribution in [0.2, 0.25) is 5.15 Å². The van der Waals surface area contributed by atoms with Gasteiger partial charge in [-0.15, -0.1) is 0 Å². The Morgan fingerprint density at radius 1 is 1.18 bits per heavy atom. The Morgan fingerprint density at radius 3 is 2.75 bits per heavy atom. The fraction of sp³-hybridized carbons (Fsp3) is 0.179. The molecule has 40 heavy (non-hydrogen) atoms. The average molecular weight is 561 g/mol. The third-order valence-electron chi connectivity index (χ3n) is 6.14. The lowest BCUT2D eigenvalue weighted by Crippen LogP contribution is -2.40. The van der Waals surface area contributed by atoms with Crippen LogP contribution in [0, 0.1) is 0 Å². The second-order valence-electron chi connectivity index (χ2n) is 9.05. The first-order valence-electron chi connectivity index (χ1n) is 12.5. The molecule has 2 aromatic carbocycles. The number of halogens is 2. The molecule has 0 atom stereocenters. The number of alkyl halides is 1. The van der Waals surface area contributed by atoms with E-state index in [0.29, 0.717) is 42.4 Å². The molecular formula is C28H26ClFN8O2. The SMILES string of the molecule is Cn1cc(Nc2ncc3c(n2)N(c2cccc(NC(=O)/C=C/CF)c2)C(=O)N(Cc2ccccc2)CC3)c(Cl)n1. The van der Waals surface area contributed by atoms with Crippen molar-refractivity contribution in [3.05, 3.63) is 95.4 Å². The lowest BCUT2D eigenvalue weighted by atomic mass is 10.2. The zero-order valence-corrected chi connectivity index (χ0v) is 22.3. The number of rotatable bonds is 8. The number of benzene rings is 2. The number of nitrogens with one attached hydrogen (secondary N) is 2. The molecule has 2 N–H and O–H groups in total. The van der Waals surface area contributed by atoms with E-state index >= 15 is 0 Å². The molecule has 3 heterocycles. The smallest absolute Gasteiger partial charge is 0.322 e. The minimum atomic E-state index is -0.746. The van der Waals surface area contributed by atoms with E-state index in [4.69, 9.17) is 16.6 Å². The van der Waals surface area contributed by atoms with Gasteiger partial charge in [0, 0.05) is 49.9 Å². The Balaban J connectivity index is 1.54. The molecule has 10 nitrogen and oxygen atoms in total. The van der Waals surface area contributed by atoms with Crippen LogP contribution in [0.1, 0.15) is 11.1 Å². The molecule has 3 amide bonds. The first kappa shape index (κ1) is 26.8. The normalized spacial score (nSPS) is 13.3. The molecular weight excluding hydrogens is 535 g/mol. The largest absolute Gasteiger partial charge is 0.330 e. The van der Waals surface area contributed by atoms with Gasteiger partial charge in [-0.3, -0.25) is 9.48 Å². The number of fused-ring (bicyclic) bond motifs is 1. The minimum Gasteiger partial charge on any atom is -0.322 e. The number of carbonyl (C=O) groups is 2. The number of anilines is 5. The van der Waals surface area contributed by atoms with Gasteiger partial charge in [0.15, 0.2) is 5.15 Å². The van der Waals surface area contributed by atoms with Crippen LogP contribution in [0.25, 0.3) is 0 Å². The number of aromatic nitrogens is 4. The van der Waals surface area contributed by atoms with Crippen molar-refractivity contribution in [1.82, 2.24) is 24.6 Å². The molecule has 0 aliphatic carbocycles. The monoisotopic (exact) mass is 560 g/mol. The maximum atomic E-state index is 14.1. The molecule has 0 saturated heterocycles. The second-order valence-corrected chi connectivity index (χ2v) is 9.40. The van der Waals surface area contributed by atoms with Gasteiger partial charge in [-0.2, -0.15) is 10.1 Å². The average Bonchev–Trinajstić information content (AvgIpc) is 3.19. The number of hydrogen-bond donors (Lipinski definition) is 2. The summed E-state index contributed by atoms with van der Waals surface area (Å²) in [6, 6.07) is 16.3. The van der Waals surface area contributed by atoms with Crippen molar-refractivity contribution in [3.8, 4) is 0 Å². The van der Waals surface area contributed by atoms with Gasteiger partial charge in [0.25, 0.3) is 0 Å². The molecule has 12 heteroatoms. The molecule has 0 unspecified atom stereocenters. The van der Waals surface area contributed by atoms with Gasteiger partial charge in [0.2, 0.25) is 11.9 Å². The topological polar surface area (TPSA) is 108 Å². The maximum absolute atomic E-state index is 14.1. The molecule has 1 aliphatic rings. The molecule has 5 rings (SSSR count). The van der Waals surface area contributed by atoms with Gasteiger partial charge in [-0.25, -0.2) is 19.1 Å². The van der Waals surface area contributed by atoms with Crippen molar-refractivity contribution in [2.45, 2.75) is 13.0 Å². The van der Waals surface area contributed by atoms with Gasteiger partial charge >= 0.3 is 6.03 Å². The fourth-order valence-corrected chi connectivity index (χ4v) is 4.53. The van der Waals surface area contributed by atoms with Gasteiger partial charge in [0.1, 0.15) is 12.5 Å². The number of hydrogen-bond acceptors (Lipinski definition) is 6. The molecule has 2 aromatic heterocycles. The number of allylic oxidation sites excluding steroid dienone is 1. The van der Waals surface area contributed by atoms with Crippen molar-refractivity contribution in [2.24, 2.45) is 7.05 Å². The van der Waals surface area contributed by atoms with Crippen LogP contribution in [0.15, 0.2) is 79.1 Å². The predicted octanol–water partition coefficient (Wildman–Crippen LogP) is 5.39.